The summed E-state index contributed by atoms with van der Waals surface area (Å²) in [5.74, 6) is 0.717. The summed E-state index contributed by atoms with van der Waals surface area (Å²) in [6.07, 6.45) is 4.27. The van der Waals surface area contributed by atoms with Crippen molar-refractivity contribution < 1.29 is 4.79 Å². The number of carbonyl (C=O) groups excluding carboxylic acids is 1. The van der Waals surface area contributed by atoms with Gasteiger partial charge in [0.05, 0.1) is 5.41 Å². The second-order valence-corrected chi connectivity index (χ2v) is 8.97. The molecule has 1 aliphatic carbocycles. The highest BCUT2D eigenvalue weighted by atomic mass is 35.5. The molecular weight excluding hydrogens is 368 g/mol. The van der Waals surface area contributed by atoms with Crippen molar-refractivity contribution in [2.24, 2.45) is 5.92 Å². The van der Waals surface area contributed by atoms with Crippen LogP contribution in [0.4, 0.5) is 0 Å². The average molecular weight is 397 g/mol. The number of likely N-dealkylation sites (tertiary alicyclic amines) is 1. The summed E-state index contributed by atoms with van der Waals surface area (Å²) in [6, 6.07) is 16.5. The summed E-state index contributed by atoms with van der Waals surface area (Å²) in [5, 5.41) is 3.98. The van der Waals surface area contributed by atoms with Crippen LogP contribution in [0.25, 0.3) is 0 Å². The molecule has 0 radical (unpaired) electrons. The molecule has 1 amide bonds. The number of amides is 1. The standard InChI is InChI=1S/C24H29ClN2O/c1-18-4-2-5-19(14-18)16-27-13-3-6-20(17-27)15-26-23(28)24(11-12-24)21-7-9-22(25)10-8-21/h2,4-5,7-10,14,20H,3,6,11-13,15-17H2,1H3,(H,26,28). The van der Waals surface area contributed by atoms with Gasteiger partial charge < -0.3 is 5.32 Å². The van der Waals surface area contributed by atoms with Gasteiger partial charge in [-0.15, -0.1) is 0 Å². The van der Waals surface area contributed by atoms with E-state index >= 15 is 0 Å². The van der Waals surface area contributed by atoms with Gasteiger partial charge in [0.15, 0.2) is 0 Å². The van der Waals surface area contributed by atoms with Gasteiger partial charge in [-0.05, 0) is 68.3 Å². The third kappa shape index (κ3) is 4.42. The Kier molecular flexibility index (Phi) is 5.75. The number of carbonyl (C=O) groups is 1. The molecule has 4 rings (SSSR count). The number of halogens is 1. The van der Waals surface area contributed by atoms with Crippen LogP contribution in [0.5, 0.6) is 0 Å². The lowest BCUT2D eigenvalue weighted by molar-refractivity contribution is -0.123. The molecule has 2 fully saturated rings. The summed E-state index contributed by atoms with van der Waals surface area (Å²) in [7, 11) is 0. The Bertz CT molecular complexity index is 829. The van der Waals surface area contributed by atoms with Gasteiger partial charge in [-0.25, -0.2) is 0 Å². The highest BCUT2D eigenvalue weighted by Crippen LogP contribution is 2.48. The Morgan fingerprint density at radius 1 is 1.21 bits per heavy atom. The van der Waals surface area contributed by atoms with Crippen LogP contribution in [-0.2, 0) is 16.8 Å². The van der Waals surface area contributed by atoms with Crippen molar-refractivity contribution in [1.29, 1.82) is 0 Å². The van der Waals surface area contributed by atoms with Gasteiger partial charge in [-0.2, -0.15) is 0 Å². The lowest BCUT2D eigenvalue weighted by atomic mass is 9.93. The number of benzene rings is 2. The largest absolute Gasteiger partial charge is 0.355 e. The molecule has 0 bridgehead atoms. The van der Waals surface area contributed by atoms with Crippen LogP contribution >= 0.6 is 11.6 Å². The van der Waals surface area contributed by atoms with Crippen molar-refractivity contribution in [2.75, 3.05) is 19.6 Å². The lowest BCUT2D eigenvalue weighted by Gasteiger charge is -2.33. The first-order chi connectivity index (χ1) is 13.5. The summed E-state index contributed by atoms with van der Waals surface area (Å²) < 4.78 is 0. The molecule has 2 aromatic carbocycles. The van der Waals surface area contributed by atoms with Gasteiger partial charge in [-0.3, -0.25) is 9.69 Å². The summed E-state index contributed by atoms with van der Waals surface area (Å²) >= 11 is 6.00. The molecule has 4 heteroatoms. The third-order valence-corrected chi connectivity index (χ3v) is 6.48. The zero-order valence-electron chi connectivity index (χ0n) is 16.6. The highest BCUT2D eigenvalue weighted by Gasteiger charge is 2.51. The Balaban J connectivity index is 1.31. The second-order valence-electron chi connectivity index (χ2n) is 8.53. The number of piperidine rings is 1. The average Bonchev–Trinajstić information content (AvgIpc) is 3.49. The number of rotatable bonds is 6. The van der Waals surface area contributed by atoms with E-state index < -0.39 is 0 Å². The molecule has 0 spiro atoms. The van der Waals surface area contributed by atoms with E-state index in [4.69, 9.17) is 11.6 Å². The zero-order chi connectivity index (χ0) is 19.6. The molecule has 1 unspecified atom stereocenters. The maximum absolute atomic E-state index is 12.9. The predicted octanol–water partition coefficient (Wildman–Crippen LogP) is 4.71. The van der Waals surface area contributed by atoms with Gasteiger partial charge in [0, 0.05) is 24.7 Å². The number of nitrogens with one attached hydrogen (secondary N) is 1. The van der Waals surface area contributed by atoms with E-state index in [0.29, 0.717) is 5.92 Å². The fourth-order valence-electron chi connectivity index (χ4n) is 4.48. The fraction of sp³-hybridized carbons (Fsp3) is 0.458. The van der Waals surface area contributed by atoms with E-state index in [1.54, 1.807) is 0 Å². The van der Waals surface area contributed by atoms with Crippen molar-refractivity contribution in [3.05, 3.63) is 70.2 Å². The van der Waals surface area contributed by atoms with Crippen molar-refractivity contribution in [2.45, 2.75) is 44.6 Å². The first-order valence-corrected chi connectivity index (χ1v) is 10.8. The van der Waals surface area contributed by atoms with Crippen LogP contribution in [0, 0.1) is 12.8 Å². The molecule has 1 saturated carbocycles. The lowest BCUT2D eigenvalue weighted by Crippen LogP contribution is -2.43. The Hall–Kier alpha value is -1.84. The molecular formula is C24H29ClN2O. The van der Waals surface area contributed by atoms with Gasteiger partial charge >= 0.3 is 0 Å². The fourth-order valence-corrected chi connectivity index (χ4v) is 4.60. The molecule has 28 heavy (non-hydrogen) atoms. The smallest absolute Gasteiger partial charge is 0.230 e. The third-order valence-electron chi connectivity index (χ3n) is 6.22. The van der Waals surface area contributed by atoms with Crippen LogP contribution in [0.1, 0.15) is 42.4 Å². The number of hydrogen-bond donors (Lipinski definition) is 1. The van der Waals surface area contributed by atoms with Gasteiger partial charge in [0.25, 0.3) is 0 Å². The molecule has 2 aromatic rings. The molecule has 1 saturated heterocycles. The van der Waals surface area contributed by atoms with Crippen molar-refractivity contribution in [3.8, 4) is 0 Å². The van der Waals surface area contributed by atoms with Crippen LogP contribution < -0.4 is 5.32 Å². The topological polar surface area (TPSA) is 32.3 Å². The Morgan fingerprint density at radius 3 is 2.71 bits per heavy atom. The van der Waals surface area contributed by atoms with Crippen molar-refractivity contribution in [3.63, 3.8) is 0 Å². The molecule has 1 N–H and O–H groups in total. The highest BCUT2D eigenvalue weighted by molar-refractivity contribution is 6.30. The van der Waals surface area contributed by atoms with E-state index in [9.17, 15) is 4.79 Å². The van der Waals surface area contributed by atoms with Crippen LogP contribution in [-0.4, -0.2) is 30.4 Å². The van der Waals surface area contributed by atoms with E-state index in [-0.39, 0.29) is 11.3 Å². The molecule has 1 aliphatic heterocycles. The molecule has 148 valence electrons. The van der Waals surface area contributed by atoms with E-state index in [1.807, 2.05) is 24.3 Å². The minimum absolute atomic E-state index is 0.186. The van der Waals surface area contributed by atoms with Crippen LogP contribution in [0.2, 0.25) is 5.02 Å². The second kappa shape index (κ2) is 8.26. The minimum atomic E-state index is -0.319. The maximum Gasteiger partial charge on any atom is 0.230 e. The first-order valence-electron chi connectivity index (χ1n) is 10.4. The summed E-state index contributed by atoms with van der Waals surface area (Å²) in [4.78, 5) is 15.4. The summed E-state index contributed by atoms with van der Waals surface area (Å²) in [5.41, 5.74) is 3.47. The monoisotopic (exact) mass is 396 g/mol. The molecule has 0 aromatic heterocycles. The van der Waals surface area contributed by atoms with Crippen LogP contribution in [0.3, 0.4) is 0 Å². The quantitative estimate of drug-likeness (QED) is 0.766. The number of hydrogen-bond acceptors (Lipinski definition) is 2. The maximum atomic E-state index is 12.9. The predicted molar refractivity (Wildman–Crippen MR) is 115 cm³/mol. The molecule has 1 heterocycles. The van der Waals surface area contributed by atoms with Crippen LogP contribution in [0.15, 0.2) is 48.5 Å². The molecule has 2 aliphatic rings. The van der Waals surface area contributed by atoms with E-state index in [1.165, 1.54) is 24.0 Å². The van der Waals surface area contributed by atoms with Gasteiger partial charge in [0.2, 0.25) is 5.91 Å². The van der Waals surface area contributed by atoms with Crippen molar-refractivity contribution >= 4 is 17.5 Å². The van der Waals surface area contributed by atoms with Gasteiger partial charge in [0.1, 0.15) is 0 Å². The molecule has 1 atom stereocenters. The number of aryl methyl sites for hydroxylation is 1. The Morgan fingerprint density at radius 2 is 2.00 bits per heavy atom. The van der Waals surface area contributed by atoms with E-state index in [0.717, 1.165) is 49.6 Å². The number of nitrogens with zero attached hydrogens (tertiary/aromatic N) is 1. The Labute approximate surface area is 173 Å². The summed E-state index contributed by atoms with van der Waals surface area (Å²) in [6.45, 7) is 6.13. The first kappa shape index (κ1) is 19.5. The van der Waals surface area contributed by atoms with Crippen molar-refractivity contribution in [1.82, 2.24) is 10.2 Å². The zero-order valence-corrected chi connectivity index (χ0v) is 17.3. The minimum Gasteiger partial charge on any atom is -0.355 e. The molecule has 3 nitrogen and oxygen atoms in total. The normalized spacial score (nSPS) is 21.3. The van der Waals surface area contributed by atoms with Gasteiger partial charge in [-0.1, -0.05) is 53.6 Å². The SMILES string of the molecule is Cc1cccc(CN2CCCC(CNC(=O)C3(c4ccc(Cl)cc4)CC3)C2)c1. The van der Waals surface area contributed by atoms with E-state index in [2.05, 4.69) is 41.4 Å².